The summed E-state index contributed by atoms with van der Waals surface area (Å²) in [5.41, 5.74) is 6.72. The van der Waals surface area contributed by atoms with Crippen molar-refractivity contribution >= 4 is 39.3 Å². The molecule has 2 rings (SSSR count). The molecule has 0 aliphatic carbocycles. The van der Waals surface area contributed by atoms with Crippen LogP contribution >= 0.6 is 27.5 Å². The molecule has 0 bridgehead atoms. The van der Waals surface area contributed by atoms with Crippen molar-refractivity contribution in [3.8, 4) is 11.5 Å². The summed E-state index contributed by atoms with van der Waals surface area (Å²) in [4.78, 5) is 24.4. The molecule has 0 unspecified atom stereocenters. The Kier molecular flexibility index (Phi) is 7.71. The first-order valence-corrected chi connectivity index (χ1v) is 9.79. The minimum absolute atomic E-state index is 0.0954. The number of aryl methyl sites for hydroxylation is 2. The normalized spacial score (nSPS) is 10.5. The molecule has 28 heavy (non-hydrogen) atoms. The molecule has 6 nitrogen and oxygen atoms in total. The molecule has 0 spiro atoms. The van der Waals surface area contributed by atoms with E-state index in [4.69, 9.17) is 21.1 Å². The van der Waals surface area contributed by atoms with Gasteiger partial charge in [0.2, 0.25) is 0 Å². The number of amides is 2. The molecule has 0 atom stereocenters. The third-order valence-corrected chi connectivity index (χ3v) is 4.73. The lowest BCUT2D eigenvalue weighted by molar-refractivity contribution is -0.123. The zero-order chi connectivity index (χ0) is 20.8. The van der Waals surface area contributed by atoms with Crippen molar-refractivity contribution in [2.75, 3.05) is 6.61 Å². The van der Waals surface area contributed by atoms with Gasteiger partial charge >= 0.3 is 0 Å². The maximum atomic E-state index is 12.4. The van der Waals surface area contributed by atoms with Gasteiger partial charge in [0, 0.05) is 9.50 Å². The Morgan fingerprint density at radius 2 is 1.75 bits per heavy atom. The van der Waals surface area contributed by atoms with Crippen molar-refractivity contribution in [2.45, 2.75) is 33.8 Å². The van der Waals surface area contributed by atoms with Crippen LogP contribution in [0.1, 0.15) is 35.3 Å². The predicted molar refractivity (Wildman–Crippen MR) is 112 cm³/mol. The van der Waals surface area contributed by atoms with Crippen LogP contribution in [0.15, 0.2) is 34.8 Å². The van der Waals surface area contributed by atoms with Gasteiger partial charge in [0.05, 0.1) is 11.7 Å². The number of carbonyl (C=O) groups is 2. The largest absolute Gasteiger partial charge is 0.490 e. The summed E-state index contributed by atoms with van der Waals surface area (Å²) in [5.74, 6) is -0.0442. The maximum absolute atomic E-state index is 12.4. The van der Waals surface area contributed by atoms with E-state index in [2.05, 4.69) is 26.8 Å². The number of hydrogen-bond donors (Lipinski definition) is 2. The molecule has 2 aromatic rings. The van der Waals surface area contributed by atoms with E-state index in [1.54, 1.807) is 30.3 Å². The number of nitrogens with one attached hydrogen (secondary N) is 2. The van der Waals surface area contributed by atoms with Crippen LogP contribution in [0.3, 0.4) is 0 Å². The Morgan fingerprint density at radius 3 is 2.36 bits per heavy atom. The molecule has 0 aliphatic heterocycles. The van der Waals surface area contributed by atoms with Crippen LogP contribution in [0.2, 0.25) is 5.02 Å². The van der Waals surface area contributed by atoms with E-state index >= 15 is 0 Å². The second kappa shape index (κ2) is 9.80. The molecule has 0 aromatic heterocycles. The number of benzene rings is 2. The molecule has 8 heteroatoms. The highest BCUT2D eigenvalue weighted by Crippen LogP contribution is 2.26. The van der Waals surface area contributed by atoms with Gasteiger partial charge in [0.1, 0.15) is 11.5 Å². The van der Waals surface area contributed by atoms with Crippen LogP contribution < -0.4 is 20.3 Å². The molecule has 0 saturated carbocycles. The number of carbonyl (C=O) groups excluding carboxylic acids is 2. The zero-order valence-corrected chi connectivity index (χ0v) is 18.4. The molecule has 0 aliphatic rings. The van der Waals surface area contributed by atoms with E-state index in [9.17, 15) is 9.59 Å². The Balaban J connectivity index is 1.94. The highest BCUT2D eigenvalue weighted by Gasteiger charge is 2.15. The van der Waals surface area contributed by atoms with Crippen LogP contribution in [0.4, 0.5) is 0 Å². The van der Waals surface area contributed by atoms with Crippen LogP contribution in [0, 0.1) is 13.8 Å². The first-order valence-electron chi connectivity index (χ1n) is 8.62. The minimum Gasteiger partial charge on any atom is -0.490 e. The average Bonchev–Trinajstić information content (AvgIpc) is 2.63. The summed E-state index contributed by atoms with van der Waals surface area (Å²) >= 11 is 9.44. The Morgan fingerprint density at radius 1 is 1.11 bits per heavy atom. The Labute approximate surface area is 177 Å². The number of ether oxygens (including phenoxy) is 2. The van der Waals surface area contributed by atoms with Crippen molar-refractivity contribution in [3.63, 3.8) is 0 Å². The van der Waals surface area contributed by atoms with Crippen molar-refractivity contribution in [2.24, 2.45) is 0 Å². The Hall–Kier alpha value is -2.25. The second-order valence-corrected chi connectivity index (χ2v) is 7.76. The van der Waals surface area contributed by atoms with Gasteiger partial charge in [-0.25, -0.2) is 0 Å². The third kappa shape index (κ3) is 6.14. The third-order valence-electron chi connectivity index (χ3n) is 3.64. The topological polar surface area (TPSA) is 76.7 Å². The molecule has 0 radical (unpaired) electrons. The van der Waals surface area contributed by atoms with Crippen LogP contribution in [-0.2, 0) is 4.79 Å². The molecule has 150 valence electrons. The fraction of sp³-hybridized carbons (Fsp3) is 0.300. The van der Waals surface area contributed by atoms with Crippen molar-refractivity contribution < 1.29 is 19.1 Å². The zero-order valence-electron chi connectivity index (χ0n) is 16.1. The molecule has 0 fully saturated rings. The molecule has 2 aromatic carbocycles. The molecular weight excluding hydrogens is 448 g/mol. The number of hydrogen-bond acceptors (Lipinski definition) is 4. The second-order valence-electron chi connectivity index (χ2n) is 6.47. The first kappa shape index (κ1) is 22.0. The van der Waals surface area contributed by atoms with Crippen LogP contribution in [0.25, 0.3) is 0 Å². The van der Waals surface area contributed by atoms with E-state index < -0.39 is 11.8 Å². The molecule has 2 N–H and O–H groups in total. The quantitative estimate of drug-likeness (QED) is 0.617. The Bertz CT molecular complexity index is 863. The van der Waals surface area contributed by atoms with Gasteiger partial charge in [-0.2, -0.15) is 0 Å². The lowest BCUT2D eigenvalue weighted by atomic mass is 10.1. The predicted octanol–water partition coefficient (Wildman–Crippen LogP) is 4.35. The van der Waals surface area contributed by atoms with Gasteiger partial charge < -0.3 is 9.47 Å². The monoisotopic (exact) mass is 468 g/mol. The lowest BCUT2D eigenvalue weighted by Gasteiger charge is -2.15. The summed E-state index contributed by atoms with van der Waals surface area (Å²) in [7, 11) is 0. The van der Waals surface area contributed by atoms with Gasteiger partial charge in [-0.1, -0.05) is 27.5 Å². The van der Waals surface area contributed by atoms with Gasteiger partial charge in [-0.3, -0.25) is 20.4 Å². The van der Waals surface area contributed by atoms with E-state index in [0.29, 0.717) is 22.1 Å². The van der Waals surface area contributed by atoms with Crippen LogP contribution in [0.5, 0.6) is 11.5 Å². The van der Waals surface area contributed by atoms with Crippen molar-refractivity contribution in [1.29, 1.82) is 0 Å². The van der Waals surface area contributed by atoms with E-state index in [1.165, 1.54) is 0 Å². The maximum Gasteiger partial charge on any atom is 0.276 e. The van der Waals surface area contributed by atoms with Gasteiger partial charge in [-0.05, 0) is 69.2 Å². The van der Waals surface area contributed by atoms with Crippen LogP contribution in [-0.4, -0.2) is 24.5 Å². The van der Waals surface area contributed by atoms with Gasteiger partial charge in [-0.15, -0.1) is 0 Å². The van der Waals surface area contributed by atoms with Crippen molar-refractivity contribution in [1.82, 2.24) is 10.9 Å². The fourth-order valence-corrected chi connectivity index (χ4v) is 2.87. The summed E-state index contributed by atoms with van der Waals surface area (Å²) in [5, 5.41) is 0.664. The summed E-state index contributed by atoms with van der Waals surface area (Å²) in [6, 6.07) is 8.58. The van der Waals surface area contributed by atoms with Gasteiger partial charge in [0.25, 0.3) is 11.8 Å². The van der Waals surface area contributed by atoms with E-state index in [0.717, 1.165) is 15.6 Å². The number of halogens is 2. The smallest absolute Gasteiger partial charge is 0.276 e. The highest BCUT2D eigenvalue weighted by atomic mass is 79.9. The summed E-state index contributed by atoms with van der Waals surface area (Å²) in [6.45, 7) is 7.19. The van der Waals surface area contributed by atoms with Crippen molar-refractivity contribution in [3.05, 3.63) is 56.5 Å². The minimum atomic E-state index is -0.500. The average molecular weight is 470 g/mol. The standard InChI is InChI=1S/C20H22BrClN2O4/c1-11(2)28-17-6-5-14(21)9-16(17)20(26)24-23-18(25)10-27-15-7-12(3)19(22)13(4)8-15/h5-9,11H,10H2,1-4H3,(H,23,25)(H,24,26). The number of hydrazine groups is 1. The van der Waals surface area contributed by atoms with E-state index in [1.807, 2.05) is 27.7 Å². The summed E-state index contributed by atoms with van der Waals surface area (Å²) in [6.07, 6.45) is -0.0954. The molecule has 0 saturated heterocycles. The summed E-state index contributed by atoms with van der Waals surface area (Å²) < 4.78 is 11.8. The van der Waals surface area contributed by atoms with E-state index in [-0.39, 0.29) is 12.7 Å². The lowest BCUT2D eigenvalue weighted by Crippen LogP contribution is -2.44. The molecule has 0 heterocycles. The first-order chi connectivity index (χ1) is 13.2. The molecular formula is C20H22BrClN2O4. The fourth-order valence-electron chi connectivity index (χ4n) is 2.40. The highest BCUT2D eigenvalue weighted by molar-refractivity contribution is 9.10. The van der Waals surface area contributed by atoms with Gasteiger partial charge in [0.15, 0.2) is 6.61 Å². The molecule has 2 amide bonds. The number of rotatable bonds is 6. The SMILES string of the molecule is Cc1cc(OCC(=O)NNC(=O)c2cc(Br)ccc2OC(C)C)cc(C)c1Cl.